The maximum absolute atomic E-state index is 7.67. The molecule has 18 rings (SSSR count). The largest absolute Gasteiger partial charge is 0.458 e. The van der Waals surface area contributed by atoms with Crippen LogP contribution in [-0.4, -0.2) is 13.4 Å². The van der Waals surface area contributed by atoms with Crippen LogP contribution in [0.2, 0.25) is 0 Å². The summed E-state index contributed by atoms with van der Waals surface area (Å²) in [6, 6.07) is 112. The minimum atomic E-state index is -0.252. The van der Waals surface area contributed by atoms with E-state index in [9.17, 15) is 0 Å². The SMILES string of the molecule is CC1(C)c2ccccc2N(c2ccc3c(c2)Oc2cc(N(c4ccccc4)c4ccccc4)cc4c2B3c2cc3c(cc2N4c2ccccc2)N(c2ccccc2)c2cc(N(c4ccccc4)c4ccccc4)cc4c2B3c2ccccc2O4)c2ccccc21. The average Bonchev–Trinajstić information content (AvgIpc) is 0.702. The van der Waals surface area contributed by atoms with Gasteiger partial charge in [0.25, 0.3) is 13.4 Å². The zero-order valence-electron chi connectivity index (χ0n) is 49.7. The molecule has 0 atom stereocenters. The molecule has 0 saturated heterocycles. The highest BCUT2D eigenvalue weighted by Crippen LogP contribution is 2.54. The van der Waals surface area contributed by atoms with Gasteiger partial charge in [-0.25, -0.2) is 0 Å². The molecule has 0 radical (unpaired) electrons. The minimum Gasteiger partial charge on any atom is -0.458 e. The van der Waals surface area contributed by atoms with Crippen LogP contribution in [0.15, 0.2) is 309 Å². The Morgan fingerprint density at radius 2 is 0.644 bits per heavy atom. The monoisotopic (exact) mass is 1150 g/mol. The van der Waals surface area contributed by atoms with Crippen LogP contribution in [-0.2, 0) is 5.41 Å². The van der Waals surface area contributed by atoms with Crippen molar-refractivity contribution in [3.8, 4) is 23.0 Å². The summed E-state index contributed by atoms with van der Waals surface area (Å²) in [5.74, 6) is 3.30. The first-order valence-electron chi connectivity index (χ1n) is 31.1. The molecule has 13 aromatic rings. The van der Waals surface area contributed by atoms with Gasteiger partial charge >= 0.3 is 0 Å². The van der Waals surface area contributed by atoms with Crippen molar-refractivity contribution in [2.24, 2.45) is 0 Å². The Balaban J connectivity index is 0.921. The molecule has 0 spiro atoms. The van der Waals surface area contributed by atoms with Crippen LogP contribution in [0.1, 0.15) is 25.0 Å². The number of fused-ring (bicyclic) bond motifs is 10. The Morgan fingerprint density at radius 1 is 0.267 bits per heavy atom. The van der Waals surface area contributed by atoms with Gasteiger partial charge in [-0.2, -0.15) is 0 Å². The molecular weight excluding hydrogens is 1100 g/mol. The molecule has 0 aromatic heterocycles. The first-order chi connectivity index (χ1) is 44.4. The third-order valence-corrected chi connectivity index (χ3v) is 19.0. The normalized spacial score (nSPS) is 13.8. The van der Waals surface area contributed by atoms with E-state index in [1.54, 1.807) is 0 Å². The number of ether oxygens (including phenoxy) is 2. The molecule has 424 valence electrons. The lowest BCUT2D eigenvalue weighted by atomic mass is 9.31. The number of hydrogen-bond acceptors (Lipinski definition) is 7. The van der Waals surface area contributed by atoms with Crippen LogP contribution in [0.3, 0.4) is 0 Å². The number of rotatable bonds is 9. The molecule has 5 aliphatic rings. The van der Waals surface area contributed by atoms with Gasteiger partial charge in [0.15, 0.2) is 0 Å². The zero-order valence-corrected chi connectivity index (χ0v) is 49.7. The van der Waals surface area contributed by atoms with Gasteiger partial charge in [0.05, 0.1) is 22.7 Å². The second-order valence-electron chi connectivity index (χ2n) is 24.4. The molecule has 0 aliphatic carbocycles. The standard InChI is InChI=1S/C81H57B2N5O2/c1-81(2)63-39-21-24-42-69(63)88(70-43-25-22-40-64(70)81)60-45-46-66-76(49-60)90-78-51-62(85(56-31-13-5-14-32-56)57-33-15-6-16-34-57)48-74-80(78)83(66)68-52-67-71(53-72(68)87(74)59-37-19-8-20-38-59)86(58-35-17-7-18-36-58)73-47-61(50-77-79(73)82(67)65-41-23-26-44-75(65)89-77)84(54-27-9-3-10-28-54)55-29-11-4-12-30-55/h3-53H,1-2H3. The van der Waals surface area contributed by atoms with E-state index in [-0.39, 0.29) is 18.8 Å². The Labute approximate surface area is 525 Å². The Hall–Kier alpha value is -11.4. The van der Waals surface area contributed by atoms with E-state index in [1.165, 1.54) is 22.1 Å². The highest BCUT2D eigenvalue weighted by atomic mass is 16.5. The van der Waals surface area contributed by atoms with Crippen LogP contribution in [0.25, 0.3) is 0 Å². The molecule has 5 aliphatic heterocycles. The van der Waals surface area contributed by atoms with Crippen molar-refractivity contribution < 1.29 is 9.47 Å². The quantitative estimate of drug-likeness (QED) is 0.133. The molecule has 5 heterocycles. The van der Waals surface area contributed by atoms with E-state index in [4.69, 9.17) is 9.47 Å². The van der Waals surface area contributed by atoms with Crippen molar-refractivity contribution in [2.45, 2.75) is 19.3 Å². The second-order valence-corrected chi connectivity index (χ2v) is 24.4. The van der Waals surface area contributed by atoms with Gasteiger partial charge < -0.3 is 34.0 Å². The third kappa shape index (κ3) is 7.95. The van der Waals surface area contributed by atoms with E-state index in [1.807, 2.05) is 0 Å². The maximum Gasteiger partial charge on any atom is 0.256 e. The van der Waals surface area contributed by atoms with Gasteiger partial charge in [0.1, 0.15) is 23.0 Å². The number of anilines is 15. The fourth-order valence-corrected chi connectivity index (χ4v) is 15.1. The summed E-state index contributed by atoms with van der Waals surface area (Å²) < 4.78 is 14.9. The van der Waals surface area contributed by atoms with Gasteiger partial charge in [0, 0.05) is 86.2 Å². The fourth-order valence-electron chi connectivity index (χ4n) is 15.1. The summed E-state index contributed by atoms with van der Waals surface area (Å²) in [6.45, 7) is 4.24. The molecule has 0 amide bonds. The van der Waals surface area contributed by atoms with E-state index in [0.29, 0.717) is 0 Å². The molecule has 0 saturated carbocycles. The first kappa shape index (κ1) is 51.8. The van der Waals surface area contributed by atoms with Gasteiger partial charge in [-0.1, -0.05) is 190 Å². The number of benzene rings is 13. The van der Waals surface area contributed by atoms with Gasteiger partial charge in [-0.05, 0) is 159 Å². The molecule has 0 unspecified atom stereocenters. The van der Waals surface area contributed by atoms with E-state index in [2.05, 4.69) is 348 Å². The maximum atomic E-state index is 7.67. The lowest BCUT2D eigenvalue weighted by Crippen LogP contribution is -2.63. The lowest BCUT2D eigenvalue weighted by Gasteiger charge is -2.45. The highest BCUT2D eigenvalue weighted by molar-refractivity contribution is 7.02. The summed E-state index contributed by atoms with van der Waals surface area (Å²) in [4.78, 5) is 12.1. The molecule has 9 heteroatoms. The Kier molecular flexibility index (Phi) is 11.7. The van der Waals surface area contributed by atoms with Crippen LogP contribution in [0.4, 0.5) is 85.3 Å². The van der Waals surface area contributed by atoms with E-state index in [0.717, 1.165) is 130 Å². The van der Waals surface area contributed by atoms with Crippen LogP contribution >= 0.6 is 0 Å². The van der Waals surface area contributed by atoms with Crippen molar-refractivity contribution in [3.63, 3.8) is 0 Å². The van der Waals surface area contributed by atoms with Crippen molar-refractivity contribution in [1.29, 1.82) is 0 Å². The van der Waals surface area contributed by atoms with Gasteiger partial charge in [-0.15, -0.1) is 0 Å². The van der Waals surface area contributed by atoms with Crippen molar-refractivity contribution in [2.75, 3.05) is 24.5 Å². The van der Waals surface area contributed by atoms with E-state index >= 15 is 0 Å². The topological polar surface area (TPSA) is 34.7 Å². The molecular formula is C81H57B2N5O2. The molecule has 7 nitrogen and oxygen atoms in total. The summed E-state index contributed by atoms with van der Waals surface area (Å²) in [7, 11) is 0. The van der Waals surface area contributed by atoms with Crippen molar-refractivity contribution in [1.82, 2.24) is 0 Å². The van der Waals surface area contributed by atoms with Crippen LogP contribution < -0.4 is 66.8 Å². The van der Waals surface area contributed by atoms with Crippen LogP contribution in [0.5, 0.6) is 23.0 Å². The van der Waals surface area contributed by atoms with Crippen molar-refractivity contribution >= 4 is 132 Å². The minimum absolute atomic E-state index is 0.194. The number of nitrogens with zero attached hydrogens (tertiary/aromatic N) is 5. The van der Waals surface area contributed by atoms with Gasteiger partial charge in [-0.3, -0.25) is 0 Å². The molecule has 0 fully saturated rings. The lowest BCUT2D eigenvalue weighted by molar-refractivity contribution is 0.487. The highest BCUT2D eigenvalue weighted by Gasteiger charge is 2.48. The fraction of sp³-hybridized carbons (Fsp3) is 0.0370. The predicted octanol–water partition coefficient (Wildman–Crippen LogP) is 17.5. The summed E-state index contributed by atoms with van der Waals surface area (Å²) >= 11 is 0. The Morgan fingerprint density at radius 3 is 1.11 bits per heavy atom. The number of hydrogen-bond donors (Lipinski definition) is 0. The molecule has 13 aromatic carbocycles. The molecule has 0 N–H and O–H groups in total. The predicted molar refractivity (Wildman–Crippen MR) is 374 cm³/mol. The molecule has 0 bridgehead atoms. The summed E-state index contributed by atoms with van der Waals surface area (Å²) in [5, 5.41) is 0. The van der Waals surface area contributed by atoms with Gasteiger partial charge in [0.2, 0.25) is 0 Å². The van der Waals surface area contributed by atoms with Crippen molar-refractivity contribution in [3.05, 3.63) is 321 Å². The second kappa shape index (κ2) is 20.3. The van der Waals surface area contributed by atoms with E-state index < -0.39 is 0 Å². The summed E-state index contributed by atoms with van der Waals surface area (Å²) in [5.41, 5.74) is 25.1. The third-order valence-electron chi connectivity index (χ3n) is 19.0. The smallest absolute Gasteiger partial charge is 0.256 e. The summed E-state index contributed by atoms with van der Waals surface area (Å²) in [6.07, 6.45) is 0. The Bertz CT molecular complexity index is 4850. The average molecular weight is 1150 g/mol. The zero-order chi connectivity index (χ0) is 59.6. The van der Waals surface area contributed by atoms with Crippen LogP contribution in [0, 0.1) is 0 Å². The first-order valence-corrected chi connectivity index (χ1v) is 31.1. The molecule has 90 heavy (non-hydrogen) atoms. The number of para-hydroxylation sites is 9.